The molecule has 0 radical (unpaired) electrons. The molecule has 1 aromatic rings. The fourth-order valence-electron chi connectivity index (χ4n) is 2.11. The topological polar surface area (TPSA) is 190 Å². The highest BCUT2D eigenvalue weighted by Crippen LogP contribution is 2.18. The zero-order valence-corrected chi connectivity index (χ0v) is 17.5. The number of ether oxygens (including phenoxy) is 6. The van der Waals surface area contributed by atoms with Crippen LogP contribution in [0.4, 0.5) is 10.5 Å². The summed E-state index contributed by atoms with van der Waals surface area (Å²) in [7, 11) is 0. The Balaban J connectivity index is 2.42. The third-order valence-corrected chi connectivity index (χ3v) is 3.52. The molecule has 1 atom stereocenters. The average Bonchev–Trinajstić information content (AvgIpc) is 2.78. The molecule has 0 saturated heterocycles. The SMILES string of the molecule is [N-]=[N+]=NCCOCCOCC(COCCOCCN)OC(=O)Oc1ccc([N+](=O)[O-])cc1. The first-order valence-corrected chi connectivity index (χ1v) is 9.71. The second kappa shape index (κ2) is 17.7. The van der Waals surface area contributed by atoms with Gasteiger partial charge in [0.25, 0.3) is 5.69 Å². The van der Waals surface area contributed by atoms with Crippen LogP contribution < -0.4 is 10.5 Å². The molecule has 1 unspecified atom stereocenters. The van der Waals surface area contributed by atoms with Crippen molar-refractivity contribution in [1.29, 1.82) is 0 Å². The lowest BCUT2D eigenvalue weighted by Gasteiger charge is -2.18. The minimum atomic E-state index is -1.01. The lowest BCUT2D eigenvalue weighted by atomic mass is 10.3. The van der Waals surface area contributed by atoms with Crippen LogP contribution >= 0.6 is 0 Å². The van der Waals surface area contributed by atoms with Crippen molar-refractivity contribution >= 4 is 11.8 Å². The van der Waals surface area contributed by atoms with E-state index in [2.05, 4.69) is 10.0 Å². The minimum absolute atomic E-state index is 0.0126. The molecular weight excluding hydrogens is 430 g/mol. The molecule has 0 fully saturated rings. The number of rotatable bonds is 18. The van der Waals surface area contributed by atoms with Crippen molar-refractivity contribution in [3.05, 3.63) is 44.8 Å². The van der Waals surface area contributed by atoms with Crippen molar-refractivity contribution in [2.75, 3.05) is 65.9 Å². The highest BCUT2D eigenvalue weighted by molar-refractivity contribution is 5.64. The van der Waals surface area contributed by atoms with Crippen molar-refractivity contribution in [2.45, 2.75) is 6.10 Å². The molecule has 14 nitrogen and oxygen atoms in total. The molecule has 0 aliphatic rings. The first-order valence-electron chi connectivity index (χ1n) is 9.71. The predicted octanol–water partition coefficient (Wildman–Crippen LogP) is 1.81. The Morgan fingerprint density at radius 1 is 1.03 bits per heavy atom. The van der Waals surface area contributed by atoms with Gasteiger partial charge < -0.3 is 34.2 Å². The molecule has 0 aliphatic carbocycles. The number of carbonyl (C=O) groups excluding carboxylic acids is 1. The summed E-state index contributed by atoms with van der Waals surface area (Å²) in [5, 5.41) is 14.0. The van der Waals surface area contributed by atoms with E-state index in [-0.39, 0.29) is 57.6 Å². The number of nitrogens with zero attached hydrogens (tertiary/aromatic N) is 4. The van der Waals surface area contributed by atoms with Gasteiger partial charge in [-0.25, -0.2) is 4.79 Å². The van der Waals surface area contributed by atoms with Gasteiger partial charge in [-0.15, -0.1) is 0 Å². The summed E-state index contributed by atoms with van der Waals surface area (Å²) in [5.41, 5.74) is 13.4. The Kier molecular flexibility index (Phi) is 14.9. The average molecular weight is 457 g/mol. The van der Waals surface area contributed by atoms with Gasteiger partial charge in [0.05, 0.1) is 57.8 Å². The number of nitrogens with two attached hydrogens (primary N) is 1. The Labute approximate surface area is 184 Å². The molecule has 0 heterocycles. The van der Waals surface area contributed by atoms with Gasteiger partial charge in [0.2, 0.25) is 0 Å². The molecule has 0 spiro atoms. The normalized spacial score (nSPS) is 11.4. The number of non-ortho nitro benzene ring substituents is 1. The van der Waals surface area contributed by atoms with Gasteiger partial charge >= 0.3 is 6.16 Å². The van der Waals surface area contributed by atoms with Gasteiger partial charge in [-0.05, 0) is 17.7 Å². The van der Waals surface area contributed by atoms with E-state index in [1.807, 2.05) is 0 Å². The number of hydrogen-bond acceptors (Lipinski definition) is 11. The van der Waals surface area contributed by atoms with Gasteiger partial charge in [0.15, 0.2) is 6.10 Å². The summed E-state index contributed by atoms with van der Waals surface area (Å²) in [6.07, 6.45) is -1.79. The van der Waals surface area contributed by atoms with Crippen LogP contribution in [-0.2, 0) is 23.7 Å². The van der Waals surface area contributed by atoms with Crippen LogP contribution in [-0.4, -0.2) is 83.1 Å². The summed E-state index contributed by atoms with van der Waals surface area (Å²) in [4.78, 5) is 24.8. The second-order valence-electron chi connectivity index (χ2n) is 5.96. The molecule has 0 amide bonds. The first kappa shape index (κ1) is 27.0. The molecule has 0 saturated carbocycles. The van der Waals surface area contributed by atoms with Crippen LogP contribution in [0.25, 0.3) is 10.4 Å². The standard InChI is InChI=1S/C18H27N5O9/c19-5-7-27-9-11-29-13-17(14-30-12-10-28-8-6-21-22-20)32-18(24)31-16-3-1-15(2-4-16)23(25)26/h1-4,17H,5-14,19H2. The van der Waals surface area contributed by atoms with E-state index in [4.69, 9.17) is 39.7 Å². The van der Waals surface area contributed by atoms with E-state index in [0.29, 0.717) is 19.8 Å². The molecule has 0 aromatic heterocycles. The summed E-state index contributed by atoms with van der Waals surface area (Å²) < 4.78 is 31.5. The monoisotopic (exact) mass is 457 g/mol. The predicted molar refractivity (Wildman–Crippen MR) is 110 cm³/mol. The maximum absolute atomic E-state index is 12.1. The number of hydrogen-bond donors (Lipinski definition) is 1. The Morgan fingerprint density at radius 2 is 1.62 bits per heavy atom. The molecule has 0 aliphatic heterocycles. The van der Waals surface area contributed by atoms with E-state index >= 15 is 0 Å². The number of carbonyl (C=O) groups is 1. The third kappa shape index (κ3) is 13.3. The fraction of sp³-hybridized carbons (Fsp3) is 0.611. The highest BCUT2D eigenvalue weighted by atomic mass is 16.7. The second-order valence-corrected chi connectivity index (χ2v) is 5.96. The molecule has 1 aromatic carbocycles. The third-order valence-electron chi connectivity index (χ3n) is 3.52. The number of nitro benzene ring substituents is 1. The Morgan fingerprint density at radius 3 is 2.19 bits per heavy atom. The molecule has 14 heteroatoms. The van der Waals surface area contributed by atoms with Crippen LogP contribution in [0.15, 0.2) is 29.4 Å². The molecule has 0 bridgehead atoms. The first-order chi connectivity index (χ1) is 15.6. The van der Waals surface area contributed by atoms with Crippen molar-refractivity contribution in [2.24, 2.45) is 10.8 Å². The number of nitro groups is 1. The largest absolute Gasteiger partial charge is 0.514 e. The van der Waals surface area contributed by atoms with Crippen molar-refractivity contribution < 1.29 is 38.1 Å². The quantitative estimate of drug-likeness (QED) is 0.0497. The van der Waals surface area contributed by atoms with Crippen LogP contribution in [0.3, 0.4) is 0 Å². The zero-order valence-electron chi connectivity index (χ0n) is 17.5. The number of benzene rings is 1. The molecule has 178 valence electrons. The van der Waals surface area contributed by atoms with Crippen LogP contribution in [0.5, 0.6) is 5.75 Å². The minimum Gasteiger partial charge on any atom is -0.426 e. The summed E-state index contributed by atoms with van der Waals surface area (Å²) in [6, 6.07) is 4.97. The van der Waals surface area contributed by atoms with Gasteiger partial charge in [-0.1, -0.05) is 5.11 Å². The van der Waals surface area contributed by atoms with E-state index in [1.54, 1.807) is 0 Å². The summed E-state index contributed by atoms with van der Waals surface area (Å²) in [5.74, 6) is 0.0878. The maximum Gasteiger partial charge on any atom is 0.514 e. The van der Waals surface area contributed by atoms with E-state index in [9.17, 15) is 14.9 Å². The fourth-order valence-corrected chi connectivity index (χ4v) is 2.11. The Hall–Kier alpha value is -3.00. The van der Waals surface area contributed by atoms with Crippen molar-refractivity contribution in [3.8, 4) is 5.75 Å². The van der Waals surface area contributed by atoms with Crippen molar-refractivity contribution in [1.82, 2.24) is 0 Å². The van der Waals surface area contributed by atoms with Crippen LogP contribution in [0.1, 0.15) is 0 Å². The molecular formula is C18H27N5O9. The van der Waals surface area contributed by atoms with Crippen LogP contribution in [0, 0.1) is 10.1 Å². The lowest BCUT2D eigenvalue weighted by molar-refractivity contribution is -0.384. The van der Waals surface area contributed by atoms with Crippen molar-refractivity contribution in [3.63, 3.8) is 0 Å². The van der Waals surface area contributed by atoms with Crippen LogP contribution in [0.2, 0.25) is 0 Å². The maximum atomic E-state index is 12.1. The van der Waals surface area contributed by atoms with Gasteiger partial charge in [0, 0.05) is 30.1 Å². The Bertz CT molecular complexity index is 713. The smallest absolute Gasteiger partial charge is 0.426 e. The summed E-state index contributed by atoms with van der Waals surface area (Å²) >= 11 is 0. The van der Waals surface area contributed by atoms with E-state index in [1.165, 1.54) is 24.3 Å². The van der Waals surface area contributed by atoms with Gasteiger partial charge in [-0.3, -0.25) is 10.1 Å². The zero-order chi connectivity index (χ0) is 23.4. The molecule has 1 rings (SSSR count). The lowest BCUT2D eigenvalue weighted by Crippen LogP contribution is -2.31. The van der Waals surface area contributed by atoms with Gasteiger partial charge in [0.1, 0.15) is 5.75 Å². The number of azide groups is 1. The van der Waals surface area contributed by atoms with Gasteiger partial charge in [-0.2, -0.15) is 0 Å². The molecule has 32 heavy (non-hydrogen) atoms. The summed E-state index contributed by atoms with van der Waals surface area (Å²) in [6.45, 7) is 2.40. The van der Waals surface area contributed by atoms with E-state index in [0.717, 1.165) is 0 Å². The van der Waals surface area contributed by atoms with E-state index < -0.39 is 17.2 Å². The highest BCUT2D eigenvalue weighted by Gasteiger charge is 2.18. The molecule has 2 N–H and O–H groups in total.